The Bertz CT molecular complexity index is 330. The van der Waals surface area contributed by atoms with Crippen molar-refractivity contribution in [3.8, 4) is 0 Å². The molecule has 5 heteroatoms. The molecule has 0 bridgehead atoms. The average molecular weight is 261 g/mol. The van der Waals surface area contributed by atoms with Gasteiger partial charge in [0.2, 0.25) is 0 Å². The van der Waals surface area contributed by atoms with Crippen LogP contribution in [0.2, 0.25) is 0 Å². The molecule has 18 heavy (non-hydrogen) atoms. The van der Waals surface area contributed by atoms with Crippen molar-refractivity contribution < 1.29 is 18.3 Å². The molecule has 2 aliphatic rings. The minimum absolute atomic E-state index is 0.230. The Balaban J connectivity index is 1.95. The van der Waals surface area contributed by atoms with Crippen LogP contribution in [0, 0.1) is 5.41 Å². The Morgan fingerprint density at radius 3 is 2.33 bits per heavy atom. The van der Waals surface area contributed by atoms with Crippen LogP contribution in [0.5, 0.6) is 0 Å². The smallest absolute Gasteiger partial charge is 0.410 e. The summed E-state index contributed by atoms with van der Waals surface area (Å²) in [5.74, 6) is 0. The maximum atomic E-state index is 13.3. The fourth-order valence-corrected chi connectivity index (χ4v) is 2.92. The number of rotatable bonds is 0. The average Bonchev–Trinajstić information content (AvgIpc) is 2.70. The van der Waals surface area contributed by atoms with Gasteiger partial charge in [0, 0.05) is 13.1 Å². The minimum Gasteiger partial charge on any atom is -0.444 e. The zero-order valence-corrected chi connectivity index (χ0v) is 11.2. The number of carbonyl (C=O) groups excluding carboxylic acids is 1. The molecular weight excluding hydrogens is 240 g/mol. The molecule has 0 N–H and O–H groups in total. The van der Waals surface area contributed by atoms with Gasteiger partial charge in [0.15, 0.2) is 0 Å². The van der Waals surface area contributed by atoms with Gasteiger partial charge in [0.1, 0.15) is 17.9 Å². The zero-order valence-electron chi connectivity index (χ0n) is 11.2. The molecule has 2 rings (SSSR count). The lowest BCUT2D eigenvalue weighted by atomic mass is 9.85. The van der Waals surface area contributed by atoms with E-state index in [1.54, 1.807) is 4.90 Å². The highest BCUT2D eigenvalue weighted by Gasteiger charge is 2.50. The normalized spacial score (nSPS) is 36.4. The van der Waals surface area contributed by atoms with E-state index in [1.807, 2.05) is 20.8 Å². The van der Waals surface area contributed by atoms with E-state index in [1.165, 1.54) is 0 Å². The van der Waals surface area contributed by atoms with Gasteiger partial charge in [-0.1, -0.05) is 0 Å². The summed E-state index contributed by atoms with van der Waals surface area (Å²) in [4.78, 5) is 13.5. The summed E-state index contributed by atoms with van der Waals surface area (Å²) in [7, 11) is 0. The monoisotopic (exact) mass is 261 g/mol. The van der Waals surface area contributed by atoms with Crippen LogP contribution >= 0.6 is 0 Å². The number of hydrogen-bond acceptors (Lipinski definition) is 2. The first-order valence-corrected chi connectivity index (χ1v) is 6.47. The SMILES string of the molecule is CC(C)(C)OC(=O)N1CCC2(C[C@@H](F)[C@@H](F)C2)C1. The summed E-state index contributed by atoms with van der Waals surface area (Å²) in [6, 6.07) is 0. The molecule has 1 aliphatic heterocycles. The largest absolute Gasteiger partial charge is 0.444 e. The fourth-order valence-electron chi connectivity index (χ4n) is 2.92. The molecule has 1 aliphatic carbocycles. The predicted molar refractivity (Wildman–Crippen MR) is 63.9 cm³/mol. The Morgan fingerprint density at radius 1 is 1.28 bits per heavy atom. The molecule has 1 spiro atoms. The predicted octanol–water partition coefficient (Wildman–Crippen LogP) is 3.08. The third-order valence-corrected chi connectivity index (χ3v) is 3.74. The number of amides is 1. The van der Waals surface area contributed by atoms with Gasteiger partial charge in [0.25, 0.3) is 0 Å². The fraction of sp³-hybridized carbons (Fsp3) is 0.923. The second-order valence-corrected chi connectivity index (χ2v) is 6.59. The van der Waals surface area contributed by atoms with Gasteiger partial charge >= 0.3 is 6.09 Å². The number of hydrogen-bond donors (Lipinski definition) is 0. The number of ether oxygens (including phenoxy) is 1. The number of likely N-dealkylation sites (tertiary alicyclic amines) is 1. The third-order valence-electron chi connectivity index (χ3n) is 3.74. The summed E-state index contributed by atoms with van der Waals surface area (Å²) in [6.07, 6.45) is -1.99. The van der Waals surface area contributed by atoms with Crippen molar-refractivity contribution in [2.75, 3.05) is 13.1 Å². The maximum absolute atomic E-state index is 13.3. The van der Waals surface area contributed by atoms with E-state index in [0.29, 0.717) is 19.5 Å². The number of nitrogens with zero attached hydrogens (tertiary/aromatic N) is 1. The van der Waals surface area contributed by atoms with Gasteiger partial charge in [-0.25, -0.2) is 13.6 Å². The van der Waals surface area contributed by atoms with E-state index in [2.05, 4.69) is 0 Å². The number of alkyl halides is 2. The second-order valence-electron chi connectivity index (χ2n) is 6.59. The molecule has 0 radical (unpaired) electrons. The van der Waals surface area contributed by atoms with E-state index in [4.69, 9.17) is 4.74 Å². The molecule has 0 aromatic carbocycles. The molecule has 3 nitrogen and oxygen atoms in total. The van der Waals surface area contributed by atoms with Gasteiger partial charge < -0.3 is 9.64 Å². The van der Waals surface area contributed by atoms with E-state index >= 15 is 0 Å². The Labute approximate surface area is 106 Å². The summed E-state index contributed by atoms with van der Waals surface area (Å²) in [6.45, 7) is 6.38. The first-order chi connectivity index (χ1) is 8.21. The van der Waals surface area contributed by atoms with Crippen molar-refractivity contribution in [2.45, 2.75) is 58.0 Å². The molecule has 1 amide bonds. The van der Waals surface area contributed by atoms with Crippen LogP contribution in [-0.2, 0) is 4.74 Å². The summed E-state index contributed by atoms with van der Waals surface area (Å²) >= 11 is 0. The lowest BCUT2D eigenvalue weighted by molar-refractivity contribution is 0.0271. The van der Waals surface area contributed by atoms with Gasteiger partial charge in [-0.05, 0) is 45.4 Å². The molecule has 0 aromatic heterocycles. The highest BCUT2D eigenvalue weighted by molar-refractivity contribution is 5.68. The lowest BCUT2D eigenvalue weighted by Gasteiger charge is -2.26. The van der Waals surface area contributed by atoms with Crippen LogP contribution in [0.25, 0.3) is 0 Å². The van der Waals surface area contributed by atoms with Crippen LogP contribution in [0.1, 0.15) is 40.0 Å². The van der Waals surface area contributed by atoms with E-state index in [9.17, 15) is 13.6 Å². The zero-order chi connectivity index (χ0) is 13.6. The van der Waals surface area contributed by atoms with Gasteiger partial charge in [-0.2, -0.15) is 0 Å². The summed E-state index contributed by atoms with van der Waals surface area (Å²) < 4.78 is 31.9. The molecule has 3 atom stereocenters. The number of carbonyl (C=O) groups is 1. The summed E-state index contributed by atoms with van der Waals surface area (Å²) in [5.41, 5.74) is -0.899. The van der Waals surface area contributed by atoms with Crippen LogP contribution in [-0.4, -0.2) is 42.0 Å². The molecule has 1 saturated heterocycles. The Morgan fingerprint density at radius 2 is 1.83 bits per heavy atom. The van der Waals surface area contributed by atoms with Crippen molar-refractivity contribution in [3.63, 3.8) is 0 Å². The molecule has 0 aromatic rings. The topological polar surface area (TPSA) is 29.5 Å². The molecular formula is C13H21F2NO2. The molecule has 2 fully saturated rings. The van der Waals surface area contributed by atoms with Gasteiger partial charge in [0.05, 0.1) is 0 Å². The van der Waals surface area contributed by atoms with Crippen molar-refractivity contribution in [3.05, 3.63) is 0 Å². The molecule has 1 heterocycles. The Hall–Kier alpha value is -0.870. The third kappa shape index (κ3) is 2.75. The van der Waals surface area contributed by atoms with E-state index in [-0.39, 0.29) is 24.3 Å². The number of halogens is 2. The van der Waals surface area contributed by atoms with Crippen LogP contribution in [0.15, 0.2) is 0 Å². The molecule has 1 unspecified atom stereocenters. The van der Waals surface area contributed by atoms with Crippen LogP contribution < -0.4 is 0 Å². The van der Waals surface area contributed by atoms with Gasteiger partial charge in [-0.15, -0.1) is 0 Å². The van der Waals surface area contributed by atoms with E-state index < -0.39 is 17.9 Å². The van der Waals surface area contributed by atoms with Crippen molar-refractivity contribution in [1.82, 2.24) is 4.90 Å². The van der Waals surface area contributed by atoms with Crippen molar-refractivity contribution >= 4 is 6.09 Å². The first kappa shape index (κ1) is 13.6. The molecule has 1 saturated carbocycles. The molecule has 104 valence electrons. The first-order valence-electron chi connectivity index (χ1n) is 6.47. The highest BCUT2D eigenvalue weighted by atomic mass is 19.2. The van der Waals surface area contributed by atoms with E-state index in [0.717, 1.165) is 0 Å². The lowest BCUT2D eigenvalue weighted by Crippen LogP contribution is -2.36. The van der Waals surface area contributed by atoms with Crippen molar-refractivity contribution in [1.29, 1.82) is 0 Å². The highest BCUT2D eigenvalue weighted by Crippen LogP contribution is 2.47. The van der Waals surface area contributed by atoms with Crippen LogP contribution in [0.4, 0.5) is 13.6 Å². The quantitative estimate of drug-likeness (QED) is 0.670. The van der Waals surface area contributed by atoms with Crippen LogP contribution in [0.3, 0.4) is 0 Å². The van der Waals surface area contributed by atoms with Crippen molar-refractivity contribution in [2.24, 2.45) is 5.41 Å². The van der Waals surface area contributed by atoms with Gasteiger partial charge in [-0.3, -0.25) is 0 Å². The Kier molecular flexibility index (Phi) is 3.28. The standard InChI is InChI=1S/C13H21F2NO2/c1-12(2,3)18-11(17)16-5-4-13(8-16)6-9(14)10(15)7-13/h9-10H,4-8H2,1-3H3/t9-,10+,13?. The maximum Gasteiger partial charge on any atom is 0.410 e. The minimum atomic E-state index is -1.37. The summed E-state index contributed by atoms with van der Waals surface area (Å²) in [5, 5.41) is 0. The second kappa shape index (κ2) is 4.35.